The van der Waals surface area contributed by atoms with E-state index in [1.165, 1.54) is 38.8 Å². The minimum Gasteiger partial charge on any atom is -0.380 e. The number of rotatable bonds is 9. The van der Waals surface area contributed by atoms with Crippen LogP contribution in [0.15, 0.2) is 36.7 Å². The molecule has 2 atom stereocenters. The second-order valence-electron chi connectivity index (χ2n) is 11.4. The molecule has 2 bridgehead atoms. The number of benzene rings is 1. The number of amides is 1. The van der Waals surface area contributed by atoms with Crippen molar-refractivity contribution in [3.63, 3.8) is 0 Å². The fraction of sp³-hybridized carbons (Fsp3) is 0.567. The SMILES string of the molecule is CN(C)C(=O)Cc1sc2ncnc(N3C4CCC3CC(COCCN3CCCC3)C4)c2c1-c1ccccc1. The van der Waals surface area contributed by atoms with Crippen molar-refractivity contribution in [2.24, 2.45) is 5.92 Å². The summed E-state index contributed by atoms with van der Waals surface area (Å²) in [5, 5.41) is 1.11. The van der Waals surface area contributed by atoms with Crippen molar-refractivity contribution in [3.05, 3.63) is 41.5 Å². The van der Waals surface area contributed by atoms with E-state index >= 15 is 0 Å². The number of ether oxygens (including phenoxy) is 1. The molecule has 1 aromatic carbocycles. The fourth-order valence-electron chi connectivity index (χ4n) is 6.71. The van der Waals surface area contributed by atoms with Crippen molar-refractivity contribution in [2.75, 3.05) is 51.8 Å². The normalized spacial score (nSPS) is 23.4. The third-order valence-corrected chi connectivity index (χ3v) is 9.69. The lowest BCUT2D eigenvalue weighted by molar-refractivity contribution is -0.127. The molecule has 7 nitrogen and oxygen atoms in total. The topological polar surface area (TPSA) is 61.8 Å². The van der Waals surface area contributed by atoms with Crippen LogP contribution in [0.3, 0.4) is 0 Å². The minimum atomic E-state index is 0.105. The standard InChI is InChI=1S/C30H39N5O2S/c1-33(2)26(36)18-25-27(22-8-4-3-5-9-22)28-29(31-20-32-30(28)38-25)35-23-10-11-24(35)17-21(16-23)19-37-15-14-34-12-6-7-13-34/h3-5,8-9,20-21,23-24H,6-7,10-19H2,1-2H3. The quantitative estimate of drug-likeness (QED) is 0.367. The number of fused-ring (bicyclic) bond motifs is 3. The van der Waals surface area contributed by atoms with Crippen molar-refractivity contribution in [1.82, 2.24) is 19.8 Å². The highest BCUT2D eigenvalue weighted by Gasteiger charge is 2.42. The molecule has 8 heteroatoms. The van der Waals surface area contributed by atoms with Crippen LogP contribution in [0.1, 0.15) is 43.4 Å². The molecule has 38 heavy (non-hydrogen) atoms. The zero-order chi connectivity index (χ0) is 26.1. The van der Waals surface area contributed by atoms with Crippen molar-refractivity contribution < 1.29 is 9.53 Å². The number of aromatic nitrogens is 2. The molecule has 0 aliphatic carbocycles. The van der Waals surface area contributed by atoms with Crippen molar-refractivity contribution >= 4 is 33.3 Å². The number of hydrogen-bond acceptors (Lipinski definition) is 7. The lowest BCUT2D eigenvalue weighted by Gasteiger charge is -2.40. The van der Waals surface area contributed by atoms with Gasteiger partial charge in [-0.25, -0.2) is 9.97 Å². The molecule has 0 radical (unpaired) electrons. The van der Waals surface area contributed by atoms with Gasteiger partial charge in [0.1, 0.15) is 17.0 Å². The summed E-state index contributed by atoms with van der Waals surface area (Å²) in [6.45, 7) is 5.27. The van der Waals surface area contributed by atoms with Gasteiger partial charge in [0.05, 0.1) is 18.4 Å². The van der Waals surface area contributed by atoms with Gasteiger partial charge in [0.15, 0.2) is 0 Å². The Hall–Kier alpha value is -2.55. The Bertz CT molecular complexity index is 1240. The first-order valence-corrected chi connectivity index (χ1v) is 15.0. The van der Waals surface area contributed by atoms with Gasteiger partial charge in [-0.3, -0.25) is 4.79 Å². The Morgan fingerprint density at radius 2 is 1.82 bits per heavy atom. The maximum Gasteiger partial charge on any atom is 0.227 e. The molecule has 1 amide bonds. The van der Waals surface area contributed by atoms with Gasteiger partial charge < -0.3 is 19.4 Å². The lowest BCUT2D eigenvalue weighted by atomic mass is 9.91. The monoisotopic (exact) mass is 533 g/mol. The molecule has 6 rings (SSSR count). The highest BCUT2D eigenvalue weighted by atomic mass is 32.1. The van der Waals surface area contributed by atoms with Crippen LogP contribution in [-0.4, -0.2) is 84.7 Å². The smallest absolute Gasteiger partial charge is 0.227 e. The first kappa shape index (κ1) is 25.7. The lowest BCUT2D eigenvalue weighted by Crippen LogP contribution is -2.44. The van der Waals surface area contributed by atoms with Crippen LogP contribution in [0, 0.1) is 5.92 Å². The third kappa shape index (κ3) is 5.18. The molecule has 3 fully saturated rings. The maximum absolute atomic E-state index is 12.8. The van der Waals surface area contributed by atoms with Gasteiger partial charge in [0, 0.05) is 49.8 Å². The molecule has 5 heterocycles. The van der Waals surface area contributed by atoms with Gasteiger partial charge in [-0.1, -0.05) is 30.3 Å². The van der Waals surface area contributed by atoms with Crippen molar-refractivity contribution in [1.29, 1.82) is 0 Å². The Morgan fingerprint density at radius 3 is 2.53 bits per heavy atom. The third-order valence-electron chi connectivity index (χ3n) is 8.59. The molecule has 2 unspecified atom stereocenters. The summed E-state index contributed by atoms with van der Waals surface area (Å²) in [5.41, 5.74) is 2.26. The molecule has 2 aromatic heterocycles. The molecule has 0 saturated carbocycles. The van der Waals surface area contributed by atoms with Gasteiger partial charge in [0.25, 0.3) is 0 Å². The van der Waals surface area contributed by atoms with Crippen molar-refractivity contribution in [2.45, 2.75) is 57.0 Å². The molecule has 3 aromatic rings. The Kier molecular flexibility index (Phi) is 7.63. The van der Waals surface area contributed by atoms with Crippen LogP contribution in [0.2, 0.25) is 0 Å². The van der Waals surface area contributed by atoms with E-state index in [1.54, 1.807) is 22.6 Å². The van der Waals surface area contributed by atoms with Crippen LogP contribution in [0.4, 0.5) is 5.82 Å². The second-order valence-corrected chi connectivity index (χ2v) is 12.4. The highest BCUT2D eigenvalue weighted by Crippen LogP contribution is 2.47. The van der Waals surface area contributed by atoms with Crippen LogP contribution in [0.25, 0.3) is 21.3 Å². The summed E-state index contributed by atoms with van der Waals surface area (Å²) < 4.78 is 6.19. The van der Waals surface area contributed by atoms with E-state index in [0.717, 1.165) is 64.6 Å². The minimum absolute atomic E-state index is 0.105. The van der Waals surface area contributed by atoms with E-state index < -0.39 is 0 Å². The summed E-state index contributed by atoms with van der Waals surface area (Å²) in [4.78, 5) is 31.2. The van der Waals surface area contributed by atoms with E-state index in [0.29, 0.717) is 24.4 Å². The largest absolute Gasteiger partial charge is 0.380 e. The van der Waals surface area contributed by atoms with Crippen LogP contribution >= 0.6 is 11.3 Å². The average molecular weight is 534 g/mol. The Morgan fingerprint density at radius 1 is 1.08 bits per heavy atom. The van der Waals surface area contributed by atoms with E-state index in [9.17, 15) is 4.79 Å². The maximum atomic E-state index is 12.8. The molecule has 3 saturated heterocycles. The second kappa shape index (κ2) is 11.3. The number of carbonyl (C=O) groups is 1. The molecule has 3 aliphatic heterocycles. The number of piperidine rings is 1. The summed E-state index contributed by atoms with van der Waals surface area (Å²) in [7, 11) is 3.64. The Labute approximate surface area is 229 Å². The van der Waals surface area contributed by atoms with Crippen molar-refractivity contribution in [3.8, 4) is 11.1 Å². The number of likely N-dealkylation sites (tertiary alicyclic amines) is 1. The molecule has 0 spiro atoms. The van der Waals surface area contributed by atoms with Gasteiger partial charge in [-0.2, -0.15) is 0 Å². The summed E-state index contributed by atoms with van der Waals surface area (Å²) >= 11 is 1.64. The summed E-state index contributed by atoms with van der Waals surface area (Å²) in [5.74, 6) is 1.77. The number of hydrogen-bond donors (Lipinski definition) is 0. The number of nitrogens with zero attached hydrogens (tertiary/aromatic N) is 5. The predicted octanol–water partition coefficient (Wildman–Crippen LogP) is 4.85. The van der Waals surface area contributed by atoms with E-state index in [1.807, 2.05) is 20.2 Å². The molecule has 0 N–H and O–H groups in total. The number of carbonyl (C=O) groups excluding carboxylic acids is 1. The van der Waals surface area contributed by atoms with Crippen LogP contribution in [-0.2, 0) is 16.0 Å². The summed E-state index contributed by atoms with van der Waals surface area (Å²) in [6.07, 6.45) is 9.48. The van der Waals surface area contributed by atoms with Crippen LogP contribution in [0.5, 0.6) is 0 Å². The predicted molar refractivity (Wildman–Crippen MR) is 154 cm³/mol. The average Bonchev–Trinajstić information content (AvgIpc) is 3.63. The van der Waals surface area contributed by atoms with E-state index in [4.69, 9.17) is 14.7 Å². The van der Waals surface area contributed by atoms with E-state index in [2.05, 4.69) is 34.1 Å². The molecular formula is C30H39N5O2S. The number of thiophene rings is 1. The first-order valence-electron chi connectivity index (χ1n) is 14.2. The molecule has 3 aliphatic rings. The number of anilines is 1. The fourth-order valence-corrected chi connectivity index (χ4v) is 7.86. The molecule has 202 valence electrons. The highest BCUT2D eigenvalue weighted by molar-refractivity contribution is 7.19. The Balaban J connectivity index is 1.25. The van der Waals surface area contributed by atoms with Gasteiger partial charge in [-0.15, -0.1) is 11.3 Å². The zero-order valence-corrected chi connectivity index (χ0v) is 23.5. The number of likely N-dealkylation sites (N-methyl/N-ethyl adjacent to an activating group) is 1. The first-order chi connectivity index (χ1) is 18.6. The molecular weight excluding hydrogens is 494 g/mol. The van der Waals surface area contributed by atoms with Gasteiger partial charge in [-0.05, 0) is 63.1 Å². The van der Waals surface area contributed by atoms with Gasteiger partial charge in [0.2, 0.25) is 5.91 Å². The van der Waals surface area contributed by atoms with Crippen LogP contribution < -0.4 is 4.90 Å². The van der Waals surface area contributed by atoms with E-state index in [-0.39, 0.29) is 5.91 Å². The van der Waals surface area contributed by atoms with Gasteiger partial charge >= 0.3 is 0 Å². The summed E-state index contributed by atoms with van der Waals surface area (Å²) in [6, 6.07) is 11.4. The zero-order valence-electron chi connectivity index (χ0n) is 22.6.